The van der Waals surface area contributed by atoms with Crippen molar-refractivity contribution in [2.45, 2.75) is 58.1 Å². The number of hydrogen-bond donors (Lipinski definition) is 2. The number of aliphatic hydroxyl groups is 1. The molecule has 35 heavy (non-hydrogen) atoms. The highest BCUT2D eigenvalue weighted by Gasteiger charge is 2.40. The molecule has 2 aliphatic rings. The van der Waals surface area contributed by atoms with Gasteiger partial charge in [0.25, 0.3) is 0 Å². The number of fused-ring (bicyclic) bond motifs is 2. The number of rotatable bonds is 5. The van der Waals surface area contributed by atoms with E-state index in [-0.39, 0.29) is 31.4 Å². The van der Waals surface area contributed by atoms with E-state index in [1.54, 1.807) is 11.3 Å². The van der Waals surface area contributed by atoms with Crippen molar-refractivity contribution in [1.82, 2.24) is 30.0 Å². The number of β-amino-alcohol motifs (C(OH)–C–C–N with tert-alkyl or cyclic N) is 1. The Morgan fingerprint density at radius 3 is 2.74 bits per heavy atom. The third-order valence-corrected chi connectivity index (χ3v) is 7.26. The number of halogens is 3. The molecule has 0 aliphatic carbocycles. The number of nitrogens with zero attached hydrogens (tertiary/aromatic N) is 7. The van der Waals surface area contributed by atoms with Gasteiger partial charge in [-0.2, -0.15) is 18.2 Å². The van der Waals surface area contributed by atoms with Crippen molar-refractivity contribution in [1.29, 1.82) is 0 Å². The van der Waals surface area contributed by atoms with Crippen molar-refractivity contribution in [3.63, 3.8) is 0 Å². The van der Waals surface area contributed by atoms with Gasteiger partial charge in [-0.05, 0) is 12.5 Å². The summed E-state index contributed by atoms with van der Waals surface area (Å²) in [5.74, 6) is 0.0296. The summed E-state index contributed by atoms with van der Waals surface area (Å²) < 4.78 is 40.9. The second-order valence-electron chi connectivity index (χ2n) is 8.82. The molecule has 2 aliphatic heterocycles. The number of amides is 1. The molecule has 10 nitrogen and oxygen atoms in total. The van der Waals surface area contributed by atoms with Crippen LogP contribution in [0.4, 0.5) is 24.9 Å². The molecule has 2 N–H and O–H groups in total. The summed E-state index contributed by atoms with van der Waals surface area (Å²) in [6.07, 6.45) is -3.49. The number of thiophene rings is 1. The van der Waals surface area contributed by atoms with Gasteiger partial charge in [-0.1, -0.05) is 13.3 Å². The lowest BCUT2D eigenvalue weighted by Crippen LogP contribution is -2.41. The Morgan fingerprint density at radius 2 is 2.03 bits per heavy atom. The highest BCUT2D eigenvalue weighted by atomic mass is 32.1. The predicted molar refractivity (Wildman–Crippen MR) is 123 cm³/mol. The summed E-state index contributed by atoms with van der Waals surface area (Å²) in [4.78, 5) is 26.7. The number of aromatic nitrogens is 5. The third kappa shape index (κ3) is 4.51. The van der Waals surface area contributed by atoms with Crippen LogP contribution in [-0.2, 0) is 30.5 Å². The zero-order valence-corrected chi connectivity index (χ0v) is 20.0. The average molecular weight is 511 g/mol. The minimum absolute atomic E-state index is 0.0804. The van der Waals surface area contributed by atoms with Crippen molar-refractivity contribution >= 4 is 39.2 Å². The van der Waals surface area contributed by atoms with Gasteiger partial charge in [-0.15, -0.1) is 21.5 Å². The molecule has 0 aromatic carbocycles. The van der Waals surface area contributed by atoms with E-state index in [0.29, 0.717) is 24.9 Å². The largest absolute Gasteiger partial charge is 0.451 e. The summed E-state index contributed by atoms with van der Waals surface area (Å²) in [6, 6.07) is 1.60. The fraction of sp³-hybridized carbons (Fsp3) is 0.571. The lowest BCUT2D eigenvalue weighted by molar-refractivity contribution is -0.147. The van der Waals surface area contributed by atoms with Crippen molar-refractivity contribution in [3.05, 3.63) is 22.6 Å². The maximum absolute atomic E-state index is 13.3. The summed E-state index contributed by atoms with van der Waals surface area (Å²) in [6.45, 7) is 4.61. The maximum atomic E-state index is 13.3. The molecule has 14 heteroatoms. The fourth-order valence-electron chi connectivity index (χ4n) is 4.60. The van der Waals surface area contributed by atoms with Crippen molar-refractivity contribution < 1.29 is 23.1 Å². The smallest absolute Gasteiger partial charge is 0.389 e. The standard InChI is InChI=1S/C21H25F3N8O2S/c1-3-4-12-7-13-17(30-5-6-32-16(10-30)28-29-19(32)21(22,23)24)26-20(27-18(13)35-12)31-8-14(15(34)9-31)25-11(2)33/h7,14-15,34H,3-6,8-10H2,1-2H3,(H,25,33). The van der Waals surface area contributed by atoms with E-state index in [1.807, 2.05) is 15.9 Å². The molecule has 5 heterocycles. The Balaban J connectivity index is 1.51. The summed E-state index contributed by atoms with van der Waals surface area (Å²) in [5.41, 5.74) is 0. The summed E-state index contributed by atoms with van der Waals surface area (Å²) >= 11 is 1.56. The Kier molecular flexibility index (Phi) is 6.03. The van der Waals surface area contributed by atoms with E-state index in [2.05, 4.69) is 22.4 Å². The summed E-state index contributed by atoms with van der Waals surface area (Å²) in [5, 5.41) is 21.2. The van der Waals surface area contributed by atoms with Gasteiger partial charge >= 0.3 is 6.18 Å². The number of nitrogens with one attached hydrogen (secondary N) is 1. The molecule has 3 aromatic rings. The molecule has 0 saturated carbocycles. The third-order valence-electron chi connectivity index (χ3n) is 6.18. The first kappa shape index (κ1) is 23.7. The number of anilines is 2. The zero-order chi connectivity index (χ0) is 24.9. The zero-order valence-electron chi connectivity index (χ0n) is 19.2. The molecule has 1 saturated heterocycles. The number of aryl methyl sites for hydroxylation is 1. The maximum Gasteiger partial charge on any atom is 0.451 e. The van der Waals surface area contributed by atoms with Crippen molar-refractivity contribution in [2.24, 2.45) is 0 Å². The van der Waals surface area contributed by atoms with Crippen molar-refractivity contribution in [3.8, 4) is 0 Å². The fourth-order valence-corrected chi connectivity index (χ4v) is 5.72. The van der Waals surface area contributed by atoms with Gasteiger partial charge in [0.15, 0.2) is 5.82 Å². The van der Waals surface area contributed by atoms with E-state index < -0.39 is 24.1 Å². The van der Waals surface area contributed by atoms with Gasteiger partial charge in [-0.25, -0.2) is 4.98 Å². The van der Waals surface area contributed by atoms with Crippen molar-refractivity contribution in [2.75, 3.05) is 29.4 Å². The second kappa shape index (κ2) is 8.90. The van der Waals surface area contributed by atoms with Crippen LogP contribution in [0.1, 0.15) is 36.8 Å². The SMILES string of the molecule is CCCc1cc2c(N3CCn4c(nnc4C(F)(F)F)C3)nc(N3CC(O)C(NC(C)=O)C3)nc2s1. The molecule has 0 bridgehead atoms. The van der Waals surface area contributed by atoms with Crippen LogP contribution in [0.5, 0.6) is 0 Å². The molecular weight excluding hydrogens is 485 g/mol. The molecule has 2 atom stereocenters. The van der Waals surface area contributed by atoms with E-state index in [0.717, 1.165) is 32.5 Å². The predicted octanol–water partition coefficient (Wildman–Crippen LogP) is 1.96. The van der Waals surface area contributed by atoms with Crippen LogP contribution in [0, 0.1) is 0 Å². The topological polar surface area (TPSA) is 112 Å². The number of hydrogen-bond acceptors (Lipinski definition) is 9. The van der Waals surface area contributed by atoms with Gasteiger partial charge < -0.3 is 24.8 Å². The van der Waals surface area contributed by atoms with Gasteiger partial charge in [0.05, 0.1) is 24.1 Å². The van der Waals surface area contributed by atoms with Crippen LogP contribution in [0.3, 0.4) is 0 Å². The summed E-state index contributed by atoms with van der Waals surface area (Å²) in [7, 11) is 0. The van der Waals surface area contributed by atoms with Crippen LogP contribution < -0.4 is 15.1 Å². The first-order chi connectivity index (χ1) is 16.6. The lowest BCUT2D eigenvalue weighted by Gasteiger charge is -2.30. The Labute approximate surface area is 202 Å². The average Bonchev–Trinajstić information content (AvgIpc) is 3.48. The normalized spacial score (nSPS) is 20.5. The van der Waals surface area contributed by atoms with E-state index in [4.69, 9.17) is 9.97 Å². The van der Waals surface area contributed by atoms with Crippen LogP contribution >= 0.6 is 11.3 Å². The molecule has 0 radical (unpaired) electrons. The quantitative estimate of drug-likeness (QED) is 0.536. The molecule has 2 unspecified atom stereocenters. The minimum Gasteiger partial charge on any atom is -0.389 e. The molecule has 5 rings (SSSR count). The van der Waals surface area contributed by atoms with Crippen LogP contribution in [0.15, 0.2) is 6.07 Å². The van der Waals surface area contributed by atoms with Gasteiger partial charge in [0.2, 0.25) is 17.7 Å². The van der Waals surface area contributed by atoms with Crippen LogP contribution in [-0.4, -0.2) is 67.5 Å². The Hall–Kier alpha value is -3.00. The molecular formula is C21H25F3N8O2S. The van der Waals surface area contributed by atoms with Gasteiger partial charge in [-0.3, -0.25) is 4.79 Å². The number of carbonyl (C=O) groups is 1. The second-order valence-corrected chi connectivity index (χ2v) is 9.93. The first-order valence-corrected chi connectivity index (χ1v) is 12.2. The monoisotopic (exact) mass is 510 g/mol. The first-order valence-electron chi connectivity index (χ1n) is 11.4. The molecule has 1 amide bonds. The molecule has 1 fully saturated rings. The minimum atomic E-state index is -4.56. The molecule has 0 spiro atoms. The number of alkyl halides is 3. The highest BCUT2D eigenvalue weighted by Crippen LogP contribution is 2.36. The number of aliphatic hydroxyl groups excluding tert-OH is 1. The lowest BCUT2D eigenvalue weighted by atomic mass is 10.2. The molecule has 3 aromatic heterocycles. The number of carbonyl (C=O) groups excluding carboxylic acids is 1. The van der Waals surface area contributed by atoms with E-state index >= 15 is 0 Å². The van der Waals surface area contributed by atoms with Gasteiger partial charge in [0, 0.05) is 38.0 Å². The van der Waals surface area contributed by atoms with Crippen LogP contribution in [0.2, 0.25) is 0 Å². The Bertz CT molecular complexity index is 1260. The van der Waals surface area contributed by atoms with Crippen LogP contribution in [0.25, 0.3) is 10.2 Å². The van der Waals surface area contributed by atoms with Gasteiger partial charge in [0.1, 0.15) is 10.6 Å². The van der Waals surface area contributed by atoms with E-state index in [1.165, 1.54) is 6.92 Å². The Morgan fingerprint density at radius 1 is 1.23 bits per heavy atom. The van der Waals surface area contributed by atoms with E-state index in [9.17, 15) is 23.1 Å². The highest BCUT2D eigenvalue weighted by molar-refractivity contribution is 7.18. The molecule has 188 valence electrons.